The SMILES string of the molecule is CCn1c(=O)c(/C=C/c2ccc(C(F)(F)F)cc2)nc2cc(C(=O)[O-])ccc21. The first kappa shape index (κ1) is 19.3. The molecule has 28 heavy (non-hydrogen) atoms. The summed E-state index contributed by atoms with van der Waals surface area (Å²) in [5.41, 5.74) is 0.0555. The molecular weight excluding hydrogens is 373 g/mol. The Morgan fingerprint density at radius 3 is 2.39 bits per heavy atom. The monoisotopic (exact) mass is 387 g/mol. The van der Waals surface area contributed by atoms with Crippen molar-refractivity contribution in [3.63, 3.8) is 0 Å². The summed E-state index contributed by atoms with van der Waals surface area (Å²) in [5.74, 6) is -1.36. The van der Waals surface area contributed by atoms with E-state index in [0.717, 1.165) is 12.1 Å². The summed E-state index contributed by atoms with van der Waals surface area (Å²) < 4.78 is 39.3. The van der Waals surface area contributed by atoms with Crippen LogP contribution in [0.5, 0.6) is 0 Å². The number of carboxylic acids is 1. The van der Waals surface area contributed by atoms with E-state index in [1.165, 1.54) is 47.1 Å². The molecule has 5 nitrogen and oxygen atoms in total. The van der Waals surface area contributed by atoms with Gasteiger partial charge in [-0.2, -0.15) is 13.2 Å². The van der Waals surface area contributed by atoms with Crippen LogP contribution >= 0.6 is 0 Å². The van der Waals surface area contributed by atoms with Crippen molar-refractivity contribution in [3.8, 4) is 0 Å². The number of aromatic nitrogens is 2. The van der Waals surface area contributed by atoms with E-state index in [9.17, 15) is 27.9 Å². The van der Waals surface area contributed by atoms with Crippen LogP contribution in [0.25, 0.3) is 23.2 Å². The lowest BCUT2D eigenvalue weighted by molar-refractivity contribution is -0.255. The first-order valence-electron chi connectivity index (χ1n) is 8.32. The minimum atomic E-state index is -4.42. The molecule has 0 saturated carbocycles. The third-order valence-corrected chi connectivity index (χ3v) is 4.19. The lowest BCUT2D eigenvalue weighted by atomic mass is 10.1. The molecule has 0 unspecified atom stereocenters. The number of carbonyl (C=O) groups excluding carboxylic acids is 1. The second-order valence-corrected chi connectivity index (χ2v) is 5.99. The minimum Gasteiger partial charge on any atom is -0.545 e. The quantitative estimate of drug-likeness (QED) is 0.690. The Morgan fingerprint density at radius 1 is 1.14 bits per heavy atom. The maximum Gasteiger partial charge on any atom is 0.416 e. The molecule has 144 valence electrons. The normalized spacial score (nSPS) is 12.0. The molecule has 0 spiro atoms. The standard InChI is InChI=1S/C20H15F3N2O3/c1-2-25-17-10-6-13(19(27)28)11-16(17)24-15(18(25)26)9-5-12-3-7-14(8-4-12)20(21,22)23/h3-11H,2H2,1H3,(H,27,28)/p-1/b9-5+. The van der Waals surface area contributed by atoms with Gasteiger partial charge >= 0.3 is 6.18 Å². The maximum atomic E-state index is 12.6. The number of carboxylic acid groups (broad SMARTS) is 1. The fraction of sp³-hybridized carbons (Fsp3) is 0.150. The lowest BCUT2D eigenvalue weighted by Gasteiger charge is -2.10. The molecular formula is C20H14F3N2O3-. The fourth-order valence-electron chi connectivity index (χ4n) is 2.77. The van der Waals surface area contributed by atoms with Gasteiger partial charge in [0.05, 0.1) is 22.6 Å². The molecule has 1 heterocycles. The fourth-order valence-corrected chi connectivity index (χ4v) is 2.77. The summed E-state index contributed by atoms with van der Waals surface area (Å²) in [6.45, 7) is 2.10. The molecule has 0 aliphatic heterocycles. The van der Waals surface area contributed by atoms with Crippen LogP contribution in [0.4, 0.5) is 13.2 Å². The number of rotatable bonds is 4. The second-order valence-electron chi connectivity index (χ2n) is 5.99. The van der Waals surface area contributed by atoms with Crippen molar-refractivity contribution < 1.29 is 23.1 Å². The highest BCUT2D eigenvalue weighted by Gasteiger charge is 2.29. The molecule has 0 N–H and O–H groups in total. The van der Waals surface area contributed by atoms with Crippen LogP contribution in [-0.4, -0.2) is 15.5 Å². The molecule has 0 fully saturated rings. The highest BCUT2D eigenvalue weighted by atomic mass is 19.4. The molecule has 3 rings (SSSR count). The van der Waals surface area contributed by atoms with Gasteiger partial charge in [0.1, 0.15) is 5.69 Å². The van der Waals surface area contributed by atoms with Gasteiger partial charge in [-0.05, 0) is 48.4 Å². The van der Waals surface area contributed by atoms with Gasteiger partial charge in [-0.1, -0.05) is 24.3 Å². The Bertz CT molecular complexity index is 1130. The summed E-state index contributed by atoms with van der Waals surface area (Å²) in [7, 11) is 0. The van der Waals surface area contributed by atoms with E-state index in [1.54, 1.807) is 6.92 Å². The summed E-state index contributed by atoms with van der Waals surface area (Å²) in [6.07, 6.45) is -1.56. The largest absolute Gasteiger partial charge is 0.545 e. The molecule has 0 bridgehead atoms. The highest BCUT2D eigenvalue weighted by Crippen LogP contribution is 2.29. The van der Waals surface area contributed by atoms with Gasteiger partial charge in [-0.15, -0.1) is 0 Å². The topological polar surface area (TPSA) is 75.0 Å². The third kappa shape index (κ3) is 3.80. The molecule has 2 aromatic carbocycles. The van der Waals surface area contributed by atoms with Crippen molar-refractivity contribution in [3.05, 3.63) is 75.2 Å². The van der Waals surface area contributed by atoms with E-state index in [2.05, 4.69) is 4.98 Å². The zero-order chi connectivity index (χ0) is 20.5. The number of alkyl halides is 3. The number of fused-ring (bicyclic) bond motifs is 1. The average molecular weight is 387 g/mol. The lowest BCUT2D eigenvalue weighted by Crippen LogP contribution is -2.25. The third-order valence-electron chi connectivity index (χ3n) is 4.19. The molecule has 0 aliphatic rings. The van der Waals surface area contributed by atoms with Gasteiger partial charge in [-0.3, -0.25) is 4.79 Å². The Hall–Kier alpha value is -3.42. The van der Waals surface area contributed by atoms with Crippen molar-refractivity contribution >= 4 is 29.2 Å². The van der Waals surface area contributed by atoms with E-state index >= 15 is 0 Å². The van der Waals surface area contributed by atoms with Gasteiger partial charge in [-0.25, -0.2) is 4.98 Å². The van der Waals surface area contributed by atoms with Crippen molar-refractivity contribution in [1.82, 2.24) is 9.55 Å². The van der Waals surface area contributed by atoms with Gasteiger partial charge in [0.25, 0.3) is 5.56 Å². The van der Waals surface area contributed by atoms with Crippen LogP contribution in [0.3, 0.4) is 0 Å². The number of halogens is 3. The number of carbonyl (C=O) groups is 1. The van der Waals surface area contributed by atoms with Crippen LogP contribution in [-0.2, 0) is 12.7 Å². The molecule has 1 aromatic heterocycles. The Morgan fingerprint density at radius 2 is 1.82 bits per heavy atom. The van der Waals surface area contributed by atoms with E-state index in [1.807, 2.05) is 0 Å². The summed E-state index contributed by atoms with van der Waals surface area (Å²) in [4.78, 5) is 27.9. The van der Waals surface area contributed by atoms with Gasteiger partial charge in [0.15, 0.2) is 0 Å². The van der Waals surface area contributed by atoms with E-state index in [0.29, 0.717) is 23.1 Å². The molecule has 0 aliphatic carbocycles. The predicted molar refractivity (Wildman–Crippen MR) is 96.4 cm³/mol. The zero-order valence-corrected chi connectivity index (χ0v) is 14.7. The number of benzene rings is 2. The van der Waals surface area contributed by atoms with Crippen LogP contribution in [0.15, 0.2) is 47.3 Å². The summed E-state index contributed by atoms with van der Waals surface area (Å²) in [5, 5.41) is 11.1. The minimum absolute atomic E-state index is 0.0461. The van der Waals surface area contributed by atoms with Gasteiger partial charge in [0, 0.05) is 6.54 Å². The highest BCUT2D eigenvalue weighted by molar-refractivity contribution is 5.91. The Kier molecular flexibility index (Phi) is 5.04. The number of aryl methyl sites for hydroxylation is 1. The number of nitrogens with zero attached hydrogens (tertiary/aromatic N) is 2. The van der Waals surface area contributed by atoms with Crippen LogP contribution in [0, 0.1) is 0 Å². The molecule has 8 heteroatoms. The predicted octanol–water partition coefficient (Wildman–Crippen LogP) is 2.97. The number of hydrogen-bond acceptors (Lipinski definition) is 4. The van der Waals surface area contributed by atoms with E-state index < -0.39 is 17.7 Å². The summed E-state index contributed by atoms with van der Waals surface area (Å²) in [6, 6.07) is 8.60. The number of hydrogen-bond donors (Lipinski definition) is 0. The number of aromatic carboxylic acids is 1. The zero-order valence-electron chi connectivity index (χ0n) is 14.7. The first-order chi connectivity index (χ1) is 13.2. The van der Waals surface area contributed by atoms with Crippen molar-refractivity contribution in [2.75, 3.05) is 0 Å². The van der Waals surface area contributed by atoms with Crippen molar-refractivity contribution in [2.45, 2.75) is 19.6 Å². The second kappa shape index (κ2) is 7.30. The van der Waals surface area contributed by atoms with Gasteiger partial charge in [0.2, 0.25) is 0 Å². The molecule has 0 radical (unpaired) electrons. The van der Waals surface area contributed by atoms with E-state index in [4.69, 9.17) is 0 Å². The van der Waals surface area contributed by atoms with Crippen molar-refractivity contribution in [2.24, 2.45) is 0 Å². The van der Waals surface area contributed by atoms with Crippen molar-refractivity contribution in [1.29, 1.82) is 0 Å². The van der Waals surface area contributed by atoms with E-state index in [-0.39, 0.29) is 16.8 Å². The van der Waals surface area contributed by atoms with Crippen LogP contribution < -0.4 is 10.7 Å². The van der Waals surface area contributed by atoms with Crippen LogP contribution in [0.1, 0.15) is 34.1 Å². The molecule has 0 atom stereocenters. The Labute approximate surface area is 157 Å². The van der Waals surface area contributed by atoms with Crippen LogP contribution in [0.2, 0.25) is 0 Å². The summed E-state index contributed by atoms with van der Waals surface area (Å²) >= 11 is 0. The molecule has 0 saturated heterocycles. The smallest absolute Gasteiger partial charge is 0.416 e. The average Bonchev–Trinajstić information content (AvgIpc) is 2.65. The Balaban J connectivity index is 2.04. The first-order valence-corrected chi connectivity index (χ1v) is 8.32. The van der Waals surface area contributed by atoms with Gasteiger partial charge < -0.3 is 14.5 Å². The maximum absolute atomic E-state index is 12.6. The molecule has 3 aromatic rings. The molecule has 0 amide bonds.